The second-order valence-electron chi connectivity index (χ2n) is 4.77. The maximum absolute atomic E-state index is 13.0. The van der Waals surface area contributed by atoms with Gasteiger partial charge < -0.3 is 9.64 Å². The van der Waals surface area contributed by atoms with Crippen LogP contribution in [-0.4, -0.2) is 30.4 Å². The zero-order valence-electron chi connectivity index (χ0n) is 12.4. The van der Waals surface area contributed by atoms with Gasteiger partial charge in [-0.05, 0) is 30.7 Å². The molecular formula is C17H16FNO3. The molecular weight excluding hydrogens is 285 g/mol. The molecule has 1 amide bonds. The first-order chi connectivity index (χ1) is 10.5. The fraction of sp³-hybridized carbons (Fsp3) is 0.176. The van der Waals surface area contributed by atoms with E-state index in [4.69, 9.17) is 4.74 Å². The summed E-state index contributed by atoms with van der Waals surface area (Å²) in [5.74, 6) is -1.25. The molecule has 0 spiro atoms. The minimum atomic E-state index is -0.578. The third kappa shape index (κ3) is 2.83. The molecule has 0 saturated heterocycles. The van der Waals surface area contributed by atoms with E-state index in [0.29, 0.717) is 17.8 Å². The van der Waals surface area contributed by atoms with Gasteiger partial charge in [0.05, 0.1) is 18.3 Å². The number of ether oxygens (including phenoxy) is 1. The van der Waals surface area contributed by atoms with Crippen LogP contribution >= 0.6 is 0 Å². The van der Waals surface area contributed by atoms with E-state index >= 15 is 0 Å². The highest BCUT2D eigenvalue weighted by Gasteiger charge is 2.36. The number of esters is 1. The largest absolute Gasteiger partial charge is 0.465 e. The van der Waals surface area contributed by atoms with E-state index in [-0.39, 0.29) is 22.9 Å². The number of nitrogens with zero attached hydrogens (tertiary/aromatic N) is 1. The summed E-state index contributed by atoms with van der Waals surface area (Å²) in [6.07, 6.45) is 3.14. The van der Waals surface area contributed by atoms with E-state index in [1.807, 2.05) is 0 Å². The van der Waals surface area contributed by atoms with Crippen LogP contribution in [0.2, 0.25) is 0 Å². The van der Waals surface area contributed by atoms with Crippen molar-refractivity contribution in [2.45, 2.75) is 6.92 Å². The average molecular weight is 301 g/mol. The first kappa shape index (κ1) is 15.7. The fourth-order valence-corrected chi connectivity index (χ4v) is 2.30. The Bertz CT molecular complexity index is 686. The number of amides is 1. The molecule has 0 atom stereocenters. The van der Waals surface area contributed by atoms with Crippen molar-refractivity contribution in [3.8, 4) is 0 Å². The molecule has 5 heteroatoms. The van der Waals surface area contributed by atoms with Crippen LogP contribution in [0, 0.1) is 5.82 Å². The zero-order chi connectivity index (χ0) is 16.3. The fourth-order valence-electron chi connectivity index (χ4n) is 2.30. The molecule has 1 heterocycles. The van der Waals surface area contributed by atoms with Gasteiger partial charge in [-0.25, -0.2) is 9.18 Å². The number of carbonyl (C=O) groups excluding carboxylic acids is 2. The summed E-state index contributed by atoms with van der Waals surface area (Å²) in [4.78, 5) is 25.9. The molecule has 2 rings (SSSR count). The monoisotopic (exact) mass is 301 g/mol. The molecule has 0 bridgehead atoms. The number of allylic oxidation sites excluding steroid dienone is 1. The predicted octanol–water partition coefficient (Wildman–Crippen LogP) is 2.68. The Hall–Kier alpha value is -2.69. The van der Waals surface area contributed by atoms with Gasteiger partial charge in [0, 0.05) is 12.2 Å². The SMILES string of the molecule is C=CCN1C(=O)C(=Cc2ccc(F)cc2)C(C(=O)OC)=C1C. The van der Waals surface area contributed by atoms with Gasteiger partial charge in [0.15, 0.2) is 0 Å². The van der Waals surface area contributed by atoms with E-state index in [1.165, 1.54) is 36.3 Å². The summed E-state index contributed by atoms with van der Waals surface area (Å²) in [5.41, 5.74) is 1.60. The Morgan fingerprint density at radius 3 is 2.55 bits per heavy atom. The maximum atomic E-state index is 13.0. The highest BCUT2D eigenvalue weighted by molar-refractivity contribution is 6.16. The van der Waals surface area contributed by atoms with E-state index in [0.717, 1.165) is 0 Å². The van der Waals surface area contributed by atoms with E-state index in [1.54, 1.807) is 19.1 Å². The number of halogens is 1. The van der Waals surface area contributed by atoms with Crippen LogP contribution in [0.15, 0.2) is 53.8 Å². The number of benzene rings is 1. The maximum Gasteiger partial charge on any atom is 0.340 e. The number of hydrogen-bond donors (Lipinski definition) is 0. The highest BCUT2D eigenvalue weighted by atomic mass is 19.1. The lowest BCUT2D eigenvalue weighted by Gasteiger charge is -2.14. The molecule has 0 saturated carbocycles. The number of hydrogen-bond acceptors (Lipinski definition) is 3. The Kier molecular flexibility index (Phi) is 4.56. The second-order valence-corrected chi connectivity index (χ2v) is 4.77. The summed E-state index contributed by atoms with van der Waals surface area (Å²) in [6, 6.07) is 5.66. The minimum Gasteiger partial charge on any atom is -0.465 e. The summed E-state index contributed by atoms with van der Waals surface area (Å²) < 4.78 is 17.7. The lowest BCUT2D eigenvalue weighted by Crippen LogP contribution is -2.24. The number of methoxy groups -OCH3 is 1. The van der Waals surface area contributed by atoms with Crippen LogP contribution in [0.1, 0.15) is 12.5 Å². The lowest BCUT2D eigenvalue weighted by atomic mass is 10.0. The molecule has 1 aromatic carbocycles. The van der Waals surface area contributed by atoms with Crippen molar-refractivity contribution >= 4 is 18.0 Å². The van der Waals surface area contributed by atoms with Crippen molar-refractivity contribution in [3.63, 3.8) is 0 Å². The van der Waals surface area contributed by atoms with Gasteiger partial charge in [-0.1, -0.05) is 18.2 Å². The standard InChI is InChI=1S/C17H16FNO3/c1-4-9-19-11(2)15(17(21)22-3)14(16(19)20)10-12-5-7-13(18)8-6-12/h4-8,10H,1,9H2,2-3H3. The van der Waals surface area contributed by atoms with Gasteiger partial charge in [0.1, 0.15) is 5.82 Å². The Morgan fingerprint density at radius 2 is 2.00 bits per heavy atom. The molecule has 22 heavy (non-hydrogen) atoms. The van der Waals surface area contributed by atoms with Gasteiger partial charge in [0.2, 0.25) is 0 Å². The third-order valence-corrected chi connectivity index (χ3v) is 3.39. The molecule has 1 aromatic rings. The first-order valence-corrected chi connectivity index (χ1v) is 6.69. The first-order valence-electron chi connectivity index (χ1n) is 6.69. The van der Waals surface area contributed by atoms with Crippen molar-refractivity contribution in [2.24, 2.45) is 0 Å². The average Bonchev–Trinajstić information content (AvgIpc) is 2.74. The van der Waals surface area contributed by atoms with Crippen molar-refractivity contribution < 1.29 is 18.7 Å². The molecule has 0 fully saturated rings. The minimum absolute atomic E-state index is 0.221. The molecule has 0 aliphatic carbocycles. The van der Waals surface area contributed by atoms with Gasteiger partial charge in [-0.3, -0.25) is 4.79 Å². The van der Waals surface area contributed by atoms with Crippen molar-refractivity contribution in [2.75, 3.05) is 13.7 Å². The highest BCUT2D eigenvalue weighted by Crippen LogP contribution is 2.31. The smallest absolute Gasteiger partial charge is 0.340 e. The molecule has 0 unspecified atom stereocenters. The van der Waals surface area contributed by atoms with Gasteiger partial charge in [0.25, 0.3) is 5.91 Å². The van der Waals surface area contributed by atoms with Crippen LogP contribution < -0.4 is 0 Å². The molecule has 0 N–H and O–H groups in total. The summed E-state index contributed by atoms with van der Waals surface area (Å²) in [7, 11) is 1.26. The molecule has 1 aliphatic rings. The lowest BCUT2D eigenvalue weighted by molar-refractivity contribution is -0.136. The Balaban J connectivity index is 2.52. The molecule has 0 radical (unpaired) electrons. The summed E-state index contributed by atoms with van der Waals surface area (Å²) in [6.45, 7) is 5.59. The molecule has 1 aliphatic heterocycles. The Morgan fingerprint density at radius 1 is 1.36 bits per heavy atom. The van der Waals surface area contributed by atoms with Crippen LogP contribution in [0.4, 0.5) is 4.39 Å². The van der Waals surface area contributed by atoms with Crippen LogP contribution in [-0.2, 0) is 14.3 Å². The van der Waals surface area contributed by atoms with Crippen molar-refractivity contribution in [1.82, 2.24) is 4.90 Å². The topological polar surface area (TPSA) is 46.6 Å². The molecule has 4 nitrogen and oxygen atoms in total. The molecule has 0 aromatic heterocycles. The van der Waals surface area contributed by atoms with Crippen molar-refractivity contribution in [3.05, 3.63) is 65.1 Å². The zero-order valence-corrected chi connectivity index (χ0v) is 12.4. The van der Waals surface area contributed by atoms with E-state index in [9.17, 15) is 14.0 Å². The number of rotatable bonds is 4. The second kappa shape index (κ2) is 6.39. The number of carbonyl (C=O) groups is 2. The predicted molar refractivity (Wildman–Crippen MR) is 81.0 cm³/mol. The van der Waals surface area contributed by atoms with Crippen molar-refractivity contribution in [1.29, 1.82) is 0 Å². The third-order valence-electron chi connectivity index (χ3n) is 3.39. The van der Waals surface area contributed by atoms with Crippen LogP contribution in [0.5, 0.6) is 0 Å². The van der Waals surface area contributed by atoms with Gasteiger partial charge in [-0.15, -0.1) is 6.58 Å². The quantitative estimate of drug-likeness (QED) is 0.488. The summed E-state index contributed by atoms with van der Waals surface area (Å²) in [5, 5.41) is 0. The summed E-state index contributed by atoms with van der Waals surface area (Å²) >= 11 is 0. The van der Waals surface area contributed by atoms with Gasteiger partial charge in [-0.2, -0.15) is 0 Å². The Labute approximate surface area is 128 Å². The van der Waals surface area contributed by atoms with E-state index in [2.05, 4.69) is 6.58 Å². The molecule has 114 valence electrons. The van der Waals surface area contributed by atoms with Gasteiger partial charge >= 0.3 is 5.97 Å². The van der Waals surface area contributed by atoms with E-state index < -0.39 is 5.97 Å². The van der Waals surface area contributed by atoms with Crippen LogP contribution in [0.25, 0.3) is 6.08 Å². The normalized spacial score (nSPS) is 16.4. The van der Waals surface area contributed by atoms with Crippen LogP contribution in [0.3, 0.4) is 0 Å².